The Balaban J connectivity index is 1.57. The fraction of sp³-hybridized carbons (Fsp3) is 0.611. The predicted molar refractivity (Wildman–Crippen MR) is 86.6 cm³/mol. The molecule has 0 aromatic heterocycles. The lowest BCUT2D eigenvalue weighted by Crippen LogP contribution is -2.41. The smallest absolute Gasteiger partial charge is 0.228 e. The van der Waals surface area contributed by atoms with Gasteiger partial charge in [-0.2, -0.15) is 0 Å². The molecule has 0 spiro atoms. The maximum absolute atomic E-state index is 12.5. The molecule has 1 fully saturated rings. The molecule has 1 unspecified atom stereocenters. The van der Waals surface area contributed by atoms with Gasteiger partial charge in [-0.1, -0.05) is 31.5 Å². The Morgan fingerprint density at radius 1 is 1.24 bits per heavy atom. The Morgan fingerprint density at radius 3 is 2.95 bits per heavy atom. The topological polar surface area (TPSA) is 23.6 Å². The van der Waals surface area contributed by atoms with Crippen LogP contribution in [0.5, 0.6) is 0 Å². The first-order valence-electron chi connectivity index (χ1n) is 8.42. The highest BCUT2D eigenvalue weighted by Gasteiger charge is 2.26. The predicted octanol–water partition coefficient (Wildman–Crippen LogP) is 3.23. The van der Waals surface area contributed by atoms with Crippen LogP contribution in [-0.4, -0.2) is 36.5 Å². The Labute approximate surface area is 127 Å². The number of para-hydroxylation sites is 1. The van der Waals surface area contributed by atoms with E-state index < -0.39 is 0 Å². The Kier molecular flexibility index (Phi) is 4.59. The molecule has 21 heavy (non-hydrogen) atoms. The van der Waals surface area contributed by atoms with Crippen LogP contribution in [-0.2, 0) is 11.2 Å². The zero-order valence-electron chi connectivity index (χ0n) is 13.1. The molecule has 1 aromatic rings. The second-order valence-electron chi connectivity index (χ2n) is 6.27. The van der Waals surface area contributed by atoms with Crippen LogP contribution in [0.15, 0.2) is 24.3 Å². The van der Waals surface area contributed by atoms with E-state index in [4.69, 9.17) is 0 Å². The molecule has 2 heterocycles. The van der Waals surface area contributed by atoms with Crippen molar-refractivity contribution in [1.29, 1.82) is 0 Å². The van der Waals surface area contributed by atoms with Gasteiger partial charge in [0, 0.05) is 31.2 Å². The van der Waals surface area contributed by atoms with Gasteiger partial charge in [0.1, 0.15) is 0 Å². The summed E-state index contributed by atoms with van der Waals surface area (Å²) in [6.07, 6.45) is 6.81. The van der Waals surface area contributed by atoms with Gasteiger partial charge in [-0.05, 0) is 43.9 Å². The van der Waals surface area contributed by atoms with E-state index >= 15 is 0 Å². The van der Waals surface area contributed by atoms with Gasteiger partial charge in [-0.15, -0.1) is 0 Å². The number of amides is 1. The van der Waals surface area contributed by atoms with Crippen molar-refractivity contribution < 1.29 is 4.79 Å². The maximum atomic E-state index is 12.5. The minimum atomic E-state index is 0.292. The Hall–Kier alpha value is -1.35. The first-order valence-corrected chi connectivity index (χ1v) is 8.42. The summed E-state index contributed by atoms with van der Waals surface area (Å²) in [5.41, 5.74) is 2.45. The number of carbonyl (C=O) groups is 1. The van der Waals surface area contributed by atoms with Gasteiger partial charge < -0.3 is 4.90 Å². The average Bonchev–Trinajstić information content (AvgIpc) is 2.97. The largest absolute Gasteiger partial charge is 0.312 e. The first kappa shape index (κ1) is 14.6. The van der Waals surface area contributed by atoms with Crippen LogP contribution in [0.1, 0.15) is 44.6 Å². The van der Waals surface area contributed by atoms with Crippen LogP contribution in [0, 0.1) is 0 Å². The molecule has 3 nitrogen and oxygen atoms in total. The van der Waals surface area contributed by atoms with E-state index in [9.17, 15) is 4.79 Å². The number of nitrogens with zero attached hydrogens (tertiary/aromatic N) is 2. The van der Waals surface area contributed by atoms with E-state index in [1.54, 1.807) is 0 Å². The monoisotopic (exact) mass is 286 g/mol. The molecule has 3 heteroatoms. The third kappa shape index (κ3) is 3.13. The molecule has 0 radical (unpaired) electrons. The normalized spacial score (nSPS) is 22.3. The molecule has 0 aliphatic carbocycles. The number of anilines is 1. The van der Waals surface area contributed by atoms with E-state index in [0.717, 1.165) is 25.2 Å². The molecule has 114 valence electrons. The number of fused-ring (bicyclic) bond motifs is 1. The molecule has 0 saturated carbocycles. The van der Waals surface area contributed by atoms with E-state index in [1.165, 1.54) is 37.8 Å². The van der Waals surface area contributed by atoms with Crippen molar-refractivity contribution >= 4 is 11.6 Å². The van der Waals surface area contributed by atoms with Crippen LogP contribution in [0.25, 0.3) is 0 Å². The molecular formula is C18H26N2O. The summed E-state index contributed by atoms with van der Waals surface area (Å²) in [4.78, 5) is 17.1. The lowest BCUT2D eigenvalue weighted by atomic mass is 10.00. The number of rotatable bonds is 4. The van der Waals surface area contributed by atoms with Crippen LogP contribution in [0.2, 0.25) is 0 Å². The summed E-state index contributed by atoms with van der Waals surface area (Å²) in [5, 5.41) is 0. The minimum Gasteiger partial charge on any atom is -0.312 e. The Bertz CT molecular complexity index is 500. The zero-order chi connectivity index (χ0) is 14.7. The van der Waals surface area contributed by atoms with Gasteiger partial charge in [0.15, 0.2) is 0 Å². The summed E-state index contributed by atoms with van der Waals surface area (Å²) >= 11 is 0. The quantitative estimate of drug-likeness (QED) is 0.848. The van der Waals surface area contributed by atoms with Crippen molar-refractivity contribution in [3.05, 3.63) is 29.8 Å². The van der Waals surface area contributed by atoms with Crippen molar-refractivity contribution in [2.24, 2.45) is 0 Å². The summed E-state index contributed by atoms with van der Waals surface area (Å²) in [6, 6.07) is 9.00. The van der Waals surface area contributed by atoms with Crippen LogP contribution in [0.3, 0.4) is 0 Å². The third-order valence-corrected chi connectivity index (χ3v) is 5.02. The molecular weight excluding hydrogens is 260 g/mol. The van der Waals surface area contributed by atoms with E-state index in [1.807, 2.05) is 11.0 Å². The highest BCUT2D eigenvalue weighted by Crippen LogP contribution is 2.28. The van der Waals surface area contributed by atoms with Crippen LogP contribution >= 0.6 is 0 Å². The number of likely N-dealkylation sites (tertiary alicyclic amines) is 1. The molecule has 2 aliphatic rings. The summed E-state index contributed by atoms with van der Waals surface area (Å²) in [5.74, 6) is 0.292. The molecule has 2 aliphatic heterocycles. The lowest BCUT2D eigenvalue weighted by molar-refractivity contribution is -0.119. The molecule has 0 bridgehead atoms. The highest BCUT2D eigenvalue weighted by atomic mass is 16.2. The number of benzene rings is 1. The van der Waals surface area contributed by atoms with Crippen LogP contribution in [0.4, 0.5) is 5.69 Å². The average molecular weight is 286 g/mol. The molecule has 1 saturated heterocycles. The SMILES string of the molecule is CCC1CCCCN1CCC(=O)N1CCc2ccccc21. The van der Waals surface area contributed by atoms with Crippen molar-refractivity contribution in [3.8, 4) is 0 Å². The number of piperidine rings is 1. The van der Waals surface area contributed by atoms with Crippen molar-refractivity contribution in [2.45, 2.75) is 51.5 Å². The second kappa shape index (κ2) is 6.61. The third-order valence-electron chi connectivity index (χ3n) is 5.02. The van der Waals surface area contributed by atoms with Crippen LogP contribution < -0.4 is 4.90 Å². The molecule has 0 N–H and O–H groups in total. The number of hydrogen-bond acceptors (Lipinski definition) is 2. The minimum absolute atomic E-state index is 0.292. The fourth-order valence-corrected chi connectivity index (χ4v) is 3.79. The van der Waals surface area contributed by atoms with Gasteiger partial charge in [0.2, 0.25) is 5.91 Å². The van der Waals surface area contributed by atoms with E-state index in [2.05, 4.69) is 30.0 Å². The van der Waals surface area contributed by atoms with Gasteiger partial charge >= 0.3 is 0 Å². The second-order valence-corrected chi connectivity index (χ2v) is 6.27. The van der Waals surface area contributed by atoms with Crippen molar-refractivity contribution in [2.75, 3.05) is 24.5 Å². The van der Waals surface area contributed by atoms with Gasteiger partial charge in [-0.3, -0.25) is 9.69 Å². The molecule has 1 amide bonds. The molecule has 3 rings (SSSR count). The van der Waals surface area contributed by atoms with Gasteiger partial charge in [-0.25, -0.2) is 0 Å². The first-order chi connectivity index (χ1) is 10.3. The zero-order valence-corrected chi connectivity index (χ0v) is 13.1. The number of carbonyl (C=O) groups excluding carboxylic acids is 1. The highest BCUT2D eigenvalue weighted by molar-refractivity contribution is 5.95. The summed E-state index contributed by atoms with van der Waals surface area (Å²) < 4.78 is 0. The van der Waals surface area contributed by atoms with E-state index in [0.29, 0.717) is 18.4 Å². The summed E-state index contributed by atoms with van der Waals surface area (Å²) in [7, 11) is 0. The summed E-state index contributed by atoms with van der Waals surface area (Å²) in [6.45, 7) is 5.22. The maximum Gasteiger partial charge on any atom is 0.228 e. The van der Waals surface area contributed by atoms with Crippen molar-refractivity contribution in [3.63, 3.8) is 0 Å². The Morgan fingerprint density at radius 2 is 2.10 bits per heavy atom. The van der Waals surface area contributed by atoms with Gasteiger partial charge in [0.05, 0.1) is 0 Å². The van der Waals surface area contributed by atoms with Gasteiger partial charge in [0.25, 0.3) is 0 Å². The number of hydrogen-bond donors (Lipinski definition) is 0. The van der Waals surface area contributed by atoms with E-state index in [-0.39, 0.29) is 0 Å². The standard InChI is InChI=1S/C18H26N2O/c1-2-16-8-5-6-12-19(16)13-11-18(21)20-14-10-15-7-3-4-9-17(15)20/h3-4,7,9,16H,2,5-6,8,10-14H2,1H3. The fourth-order valence-electron chi connectivity index (χ4n) is 3.79. The molecule has 1 aromatic carbocycles. The molecule has 1 atom stereocenters. The lowest BCUT2D eigenvalue weighted by Gasteiger charge is -2.35. The van der Waals surface area contributed by atoms with Crippen molar-refractivity contribution in [1.82, 2.24) is 4.90 Å².